The van der Waals surface area contributed by atoms with E-state index in [9.17, 15) is 5.11 Å². The molecule has 0 saturated heterocycles. The maximum Gasteiger partial charge on any atom is 0.213 e. The van der Waals surface area contributed by atoms with Gasteiger partial charge in [-0.15, -0.1) is 0 Å². The molecule has 3 aromatic heterocycles. The lowest BCUT2D eigenvalue weighted by atomic mass is 10.00. The van der Waals surface area contributed by atoms with Crippen molar-refractivity contribution >= 4 is 11.2 Å². The number of hydrogen-bond acceptors (Lipinski definition) is 5. The molecule has 0 aliphatic heterocycles. The Hall–Kier alpha value is -2.47. The predicted octanol–water partition coefficient (Wildman–Crippen LogP) is 3.79. The molecule has 6 nitrogen and oxygen atoms in total. The number of rotatable bonds is 7. The van der Waals surface area contributed by atoms with Gasteiger partial charge < -0.3 is 14.4 Å². The number of aryl methyl sites for hydroxylation is 3. The van der Waals surface area contributed by atoms with Crippen molar-refractivity contribution < 1.29 is 9.84 Å². The van der Waals surface area contributed by atoms with Crippen LogP contribution in [0, 0.1) is 6.92 Å². The second-order valence-corrected chi connectivity index (χ2v) is 6.87. The molecule has 3 heterocycles. The van der Waals surface area contributed by atoms with E-state index in [4.69, 9.17) is 14.7 Å². The summed E-state index contributed by atoms with van der Waals surface area (Å²) in [6, 6.07) is 3.92. The highest BCUT2D eigenvalue weighted by Gasteiger charge is 2.19. The van der Waals surface area contributed by atoms with Gasteiger partial charge >= 0.3 is 0 Å². The number of ether oxygens (including phenoxy) is 1. The first-order valence-corrected chi connectivity index (χ1v) is 9.57. The van der Waals surface area contributed by atoms with E-state index < -0.39 is 0 Å². The van der Waals surface area contributed by atoms with Gasteiger partial charge in [-0.1, -0.05) is 13.8 Å². The van der Waals surface area contributed by atoms with E-state index >= 15 is 0 Å². The monoisotopic (exact) mass is 368 g/mol. The molecule has 1 atom stereocenters. The largest absolute Gasteiger partial charge is 0.478 e. The van der Waals surface area contributed by atoms with Crippen LogP contribution < -0.4 is 4.74 Å². The summed E-state index contributed by atoms with van der Waals surface area (Å²) in [7, 11) is 1.99. The van der Waals surface area contributed by atoms with E-state index in [0.717, 1.165) is 45.8 Å². The highest BCUT2D eigenvalue weighted by atomic mass is 16.5. The zero-order chi connectivity index (χ0) is 19.6. The number of aliphatic hydroxyl groups excluding tert-OH is 1. The maximum atomic E-state index is 9.28. The number of pyridine rings is 1. The Balaban J connectivity index is 2.14. The van der Waals surface area contributed by atoms with Crippen molar-refractivity contribution in [1.29, 1.82) is 0 Å². The Morgan fingerprint density at radius 1 is 1.19 bits per heavy atom. The Morgan fingerprint density at radius 3 is 2.63 bits per heavy atom. The third-order valence-electron chi connectivity index (χ3n) is 4.92. The molecule has 0 spiro atoms. The molecule has 6 heteroatoms. The van der Waals surface area contributed by atoms with E-state index in [1.54, 1.807) is 0 Å². The van der Waals surface area contributed by atoms with Gasteiger partial charge in [0.25, 0.3) is 0 Å². The molecular weight excluding hydrogens is 340 g/mol. The minimum absolute atomic E-state index is 0.166. The summed E-state index contributed by atoms with van der Waals surface area (Å²) >= 11 is 0. The Labute approximate surface area is 160 Å². The Morgan fingerprint density at radius 2 is 1.96 bits per heavy atom. The molecule has 27 heavy (non-hydrogen) atoms. The minimum Gasteiger partial charge on any atom is -0.478 e. The highest BCUT2D eigenvalue weighted by molar-refractivity contribution is 5.80. The third kappa shape index (κ3) is 3.67. The van der Waals surface area contributed by atoms with Crippen LogP contribution in [0.25, 0.3) is 22.4 Å². The molecule has 1 N–H and O–H groups in total. The zero-order valence-corrected chi connectivity index (χ0v) is 16.8. The van der Waals surface area contributed by atoms with Crippen LogP contribution in [0.5, 0.6) is 5.88 Å². The number of fused-ring (bicyclic) bond motifs is 1. The minimum atomic E-state index is 0.166. The van der Waals surface area contributed by atoms with Crippen molar-refractivity contribution in [2.75, 3.05) is 13.2 Å². The molecule has 0 unspecified atom stereocenters. The second-order valence-electron chi connectivity index (χ2n) is 6.87. The first-order chi connectivity index (χ1) is 13.0. The molecule has 0 saturated carbocycles. The average molecular weight is 368 g/mol. The van der Waals surface area contributed by atoms with Crippen molar-refractivity contribution in [3.8, 4) is 17.1 Å². The molecule has 0 aromatic carbocycles. The topological polar surface area (TPSA) is 73.1 Å². The molecular formula is C21H28N4O2. The average Bonchev–Trinajstić information content (AvgIpc) is 2.97. The summed E-state index contributed by atoms with van der Waals surface area (Å²) in [5.74, 6) is 0.875. The van der Waals surface area contributed by atoms with Crippen LogP contribution in [0.15, 0.2) is 18.3 Å². The summed E-state index contributed by atoms with van der Waals surface area (Å²) in [4.78, 5) is 14.5. The van der Waals surface area contributed by atoms with E-state index in [-0.39, 0.29) is 12.5 Å². The van der Waals surface area contributed by atoms with Crippen molar-refractivity contribution in [2.45, 2.75) is 46.5 Å². The van der Waals surface area contributed by atoms with Crippen molar-refractivity contribution in [1.82, 2.24) is 19.5 Å². The van der Waals surface area contributed by atoms with E-state index in [1.807, 2.05) is 37.6 Å². The van der Waals surface area contributed by atoms with Gasteiger partial charge in [0.15, 0.2) is 5.65 Å². The van der Waals surface area contributed by atoms with Gasteiger partial charge in [-0.25, -0.2) is 15.0 Å². The molecule has 0 bridgehead atoms. The van der Waals surface area contributed by atoms with Crippen LogP contribution in [-0.2, 0) is 13.5 Å². The lowest BCUT2D eigenvalue weighted by molar-refractivity contribution is 0.279. The lowest BCUT2D eigenvalue weighted by Gasteiger charge is -2.12. The zero-order valence-electron chi connectivity index (χ0n) is 16.8. The summed E-state index contributed by atoms with van der Waals surface area (Å²) in [5, 5.41) is 9.28. The van der Waals surface area contributed by atoms with Gasteiger partial charge in [0.2, 0.25) is 5.88 Å². The number of hydrogen-bond donors (Lipinski definition) is 1. The summed E-state index contributed by atoms with van der Waals surface area (Å²) in [6.07, 6.45) is 3.58. The predicted molar refractivity (Wildman–Crippen MR) is 107 cm³/mol. The molecule has 0 aliphatic rings. The SMILES string of the molecule is CCOc1ccc(-c2nc3c(nc2C)c([C@@H](C)CCO)cn3C)c(CC)n1. The first kappa shape index (κ1) is 19.3. The third-order valence-corrected chi connectivity index (χ3v) is 4.92. The maximum absolute atomic E-state index is 9.28. The van der Waals surface area contributed by atoms with Crippen LogP contribution >= 0.6 is 0 Å². The molecule has 3 aromatic rings. The molecule has 3 rings (SSSR count). The van der Waals surface area contributed by atoms with Crippen LogP contribution in [0.2, 0.25) is 0 Å². The molecule has 0 amide bonds. The van der Waals surface area contributed by atoms with Gasteiger partial charge in [-0.3, -0.25) is 0 Å². The molecule has 144 valence electrons. The van der Waals surface area contributed by atoms with Gasteiger partial charge in [-0.05, 0) is 38.7 Å². The fourth-order valence-electron chi connectivity index (χ4n) is 3.44. The second kappa shape index (κ2) is 8.05. The van der Waals surface area contributed by atoms with Gasteiger partial charge in [0.1, 0.15) is 5.52 Å². The van der Waals surface area contributed by atoms with E-state index in [0.29, 0.717) is 18.9 Å². The number of nitrogens with zero attached hydrogens (tertiary/aromatic N) is 4. The van der Waals surface area contributed by atoms with E-state index in [2.05, 4.69) is 25.0 Å². The molecule has 0 aliphatic carbocycles. The fourth-order valence-corrected chi connectivity index (χ4v) is 3.44. The normalized spacial score (nSPS) is 12.5. The van der Waals surface area contributed by atoms with Crippen molar-refractivity contribution in [2.24, 2.45) is 7.05 Å². The standard InChI is InChI=1S/C21H28N4O2/c1-6-17-15(8-9-18(23-17)27-7-2)19-14(4)22-20-16(13(3)10-11-26)12-25(5)21(20)24-19/h8-9,12-13,26H,6-7,10-11H2,1-5H3/t13-/m0/s1. The summed E-state index contributed by atoms with van der Waals surface area (Å²) in [6.45, 7) is 8.90. The van der Waals surface area contributed by atoms with Crippen LogP contribution in [0.1, 0.15) is 50.1 Å². The fraction of sp³-hybridized carbons (Fsp3) is 0.476. The Bertz CT molecular complexity index is 949. The van der Waals surface area contributed by atoms with E-state index in [1.165, 1.54) is 0 Å². The van der Waals surface area contributed by atoms with Crippen LogP contribution in [0.3, 0.4) is 0 Å². The summed E-state index contributed by atoms with van der Waals surface area (Å²) < 4.78 is 7.56. The van der Waals surface area contributed by atoms with Crippen LogP contribution in [-0.4, -0.2) is 37.8 Å². The Kier molecular flexibility index (Phi) is 5.75. The smallest absolute Gasteiger partial charge is 0.213 e. The van der Waals surface area contributed by atoms with Crippen molar-refractivity contribution in [3.05, 3.63) is 35.3 Å². The van der Waals surface area contributed by atoms with Crippen LogP contribution in [0.4, 0.5) is 0 Å². The quantitative estimate of drug-likeness (QED) is 0.687. The van der Waals surface area contributed by atoms with Gasteiger partial charge in [-0.2, -0.15) is 0 Å². The molecule has 0 fully saturated rings. The summed E-state index contributed by atoms with van der Waals surface area (Å²) in [5.41, 5.74) is 6.59. The van der Waals surface area contributed by atoms with Crippen molar-refractivity contribution in [3.63, 3.8) is 0 Å². The number of aliphatic hydroxyl groups is 1. The van der Waals surface area contributed by atoms with Gasteiger partial charge in [0, 0.05) is 37.0 Å². The van der Waals surface area contributed by atoms with Gasteiger partial charge in [0.05, 0.1) is 23.7 Å². The lowest BCUT2D eigenvalue weighted by Crippen LogP contribution is -2.03. The highest BCUT2D eigenvalue weighted by Crippen LogP contribution is 2.31. The molecule has 0 radical (unpaired) electrons. The number of aromatic nitrogens is 4. The first-order valence-electron chi connectivity index (χ1n) is 9.57.